The molecule has 1 aromatic carbocycles. The summed E-state index contributed by atoms with van der Waals surface area (Å²) in [7, 11) is -3.66. The molecule has 2 fully saturated rings. The van der Waals surface area contributed by atoms with E-state index in [0.29, 0.717) is 38.8 Å². The minimum absolute atomic E-state index is 0.0368. The number of amides is 1. The van der Waals surface area contributed by atoms with E-state index < -0.39 is 10.0 Å². The Kier molecular flexibility index (Phi) is 8.02. The van der Waals surface area contributed by atoms with Crippen molar-refractivity contribution in [3.05, 3.63) is 47.4 Å². The molecule has 2 aliphatic heterocycles. The van der Waals surface area contributed by atoms with Crippen LogP contribution in [0.5, 0.6) is 0 Å². The van der Waals surface area contributed by atoms with Crippen LogP contribution >= 0.6 is 11.6 Å². The molecule has 0 spiro atoms. The lowest BCUT2D eigenvalue weighted by Crippen LogP contribution is -2.40. The fourth-order valence-corrected chi connectivity index (χ4v) is 5.62. The van der Waals surface area contributed by atoms with Crippen LogP contribution in [-0.2, 0) is 32.6 Å². The lowest BCUT2D eigenvalue weighted by atomic mass is 9.96. The number of nitrogens with one attached hydrogen (secondary N) is 1. The second-order valence-corrected chi connectivity index (χ2v) is 10.9. The highest BCUT2D eigenvalue weighted by Gasteiger charge is 2.28. The molecule has 1 amide bonds. The molecule has 1 N–H and O–H groups in total. The smallest absolute Gasteiger partial charge is 0.262 e. The lowest BCUT2D eigenvalue weighted by molar-refractivity contribution is -0.121. The summed E-state index contributed by atoms with van der Waals surface area (Å²) in [5, 5.41) is 3.70. The molecule has 2 aliphatic rings. The maximum atomic E-state index is 12.7. The molecule has 0 unspecified atom stereocenters. The zero-order valence-electron chi connectivity index (χ0n) is 18.5. The van der Waals surface area contributed by atoms with Gasteiger partial charge in [0.1, 0.15) is 6.54 Å². The van der Waals surface area contributed by atoms with Crippen LogP contribution in [0.25, 0.3) is 0 Å². The van der Waals surface area contributed by atoms with E-state index in [9.17, 15) is 13.2 Å². The second-order valence-electron chi connectivity index (χ2n) is 8.55. The Balaban J connectivity index is 1.19. The summed E-state index contributed by atoms with van der Waals surface area (Å²) < 4.78 is 33.4. The summed E-state index contributed by atoms with van der Waals surface area (Å²) in [6, 6.07) is 7.95. The van der Waals surface area contributed by atoms with Gasteiger partial charge in [0.2, 0.25) is 5.91 Å². The van der Waals surface area contributed by atoms with Crippen molar-refractivity contribution in [1.29, 1.82) is 0 Å². The number of morpholine rings is 1. The van der Waals surface area contributed by atoms with Gasteiger partial charge in [-0.3, -0.25) is 9.69 Å². The van der Waals surface area contributed by atoms with Crippen LogP contribution in [0.2, 0.25) is 5.02 Å². The van der Waals surface area contributed by atoms with Gasteiger partial charge in [-0.05, 0) is 49.5 Å². The second kappa shape index (κ2) is 11.0. The average molecular weight is 496 g/mol. The quantitative estimate of drug-likeness (QED) is 0.597. The van der Waals surface area contributed by atoms with Crippen LogP contribution in [0.4, 0.5) is 0 Å². The third-order valence-electron chi connectivity index (χ3n) is 6.12. The molecule has 1 aromatic heterocycles. The Morgan fingerprint density at radius 3 is 2.52 bits per heavy atom. The highest BCUT2D eigenvalue weighted by Crippen LogP contribution is 2.19. The number of nitrogens with zero attached hydrogens (tertiary/aromatic N) is 4. The van der Waals surface area contributed by atoms with Gasteiger partial charge in [-0.1, -0.05) is 23.7 Å². The van der Waals surface area contributed by atoms with Crippen molar-refractivity contribution in [3.63, 3.8) is 0 Å². The molecule has 0 radical (unpaired) electrons. The van der Waals surface area contributed by atoms with Gasteiger partial charge in [0, 0.05) is 37.4 Å². The van der Waals surface area contributed by atoms with Crippen molar-refractivity contribution in [2.75, 3.05) is 45.9 Å². The van der Waals surface area contributed by atoms with Crippen LogP contribution in [0, 0.1) is 5.92 Å². The molecule has 2 aromatic rings. The van der Waals surface area contributed by atoms with Crippen molar-refractivity contribution in [1.82, 2.24) is 24.1 Å². The van der Waals surface area contributed by atoms with Gasteiger partial charge in [-0.2, -0.15) is 4.31 Å². The minimum atomic E-state index is -3.66. The Morgan fingerprint density at radius 1 is 1.12 bits per heavy atom. The fourth-order valence-electron chi connectivity index (χ4n) is 4.16. The molecule has 4 rings (SSSR count). The number of rotatable bonds is 8. The van der Waals surface area contributed by atoms with Crippen LogP contribution in [0.3, 0.4) is 0 Å². The number of halogens is 1. The van der Waals surface area contributed by atoms with Crippen LogP contribution < -0.4 is 5.32 Å². The first-order valence-electron chi connectivity index (χ1n) is 11.2. The monoisotopic (exact) mass is 495 g/mol. The van der Waals surface area contributed by atoms with Crippen molar-refractivity contribution in [2.45, 2.75) is 31.0 Å². The number of sulfonamides is 1. The predicted octanol–water partition coefficient (Wildman–Crippen LogP) is 1.59. The zero-order chi connectivity index (χ0) is 23.3. The van der Waals surface area contributed by atoms with E-state index in [-0.39, 0.29) is 17.5 Å². The highest BCUT2D eigenvalue weighted by atomic mass is 35.5. The van der Waals surface area contributed by atoms with E-state index in [2.05, 4.69) is 27.3 Å². The van der Waals surface area contributed by atoms with E-state index in [4.69, 9.17) is 16.3 Å². The highest BCUT2D eigenvalue weighted by molar-refractivity contribution is 7.89. The molecule has 11 heteroatoms. The largest absolute Gasteiger partial charge is 0.379 e. The van der Waals surface area contributed by atoms with Crippen LogP contribution in [0.15, 0.2) is 41.8 Å². The van der Waals surface area contributed by atoms with Gasteiger partial charge in [-0.15, -0.1) is 0 Å². The summed E-state index contributed by atoms with van der Waals surface area (Å²) in [4.78, 5) is 18.8. The summed E-state index contributed by atoms with van der Waals surface area (Å²) in [6.07, 6.45) is 4.86. The Morgan fingerprint density at radius 2 is 1.82 bits per heavy atom. The molecule has 180 valence electrons. The SMILES string of the molecule is O=C(Cn1cnc(S(=O)(=O)N2CCOCC2)c1)NCC1CCN(Cc2ccc(Cl)cc2)CC1. The van der Waals surface area contributed by atoms with E-state index in [1.165, 1.54) is 27.0 Å². The molecule has 3 heterocycles. The Hall–Kier alpha value is -1.98. The summed E-state index contributed by atoms with van der Waals surface area (Å²) in [6.45, 7) is 4.95. The summed E-state index contributed by atoms with van der Waals surface area (Å²) in [5.41, 5.74) is 1.25. The van der Waals surface area contributed by atoms with Gasteiger partial charge in [-0.25, -0.2) is 13.4 Å². The van der Waals surface area contributed by atoms with Gasteiger partial charge < -0.3 is 14.6 Å². The Bertz CT molecular complexity index is 1030. The number of carbonyl (C=O) groups is 1. The molecular formula is C22H30ClN5O4S. The number of aromatic nitrogens is 2. The third-order valence-corrected chi connectivity index (χ3v) is 8.16. The molecule has 0 aliphatic carbocycles. The first-order chi connectivity index (χ1) is 15.9. The van der Waals surface area contributed by atoms with Crippen molar-refractivity contribution in [2.24, 2.45) is 5.92 Å². The molecule has 33 heavy (non-hydrogen) atoms. The minimum Gasteiger partial charge on any atom is -0.379 e. The number of imidazole rings is 1. The van der Waals surface area contributed by atoms with Gasteiger partial charge in [0.15, 0.2) is 5.03 Å². The molecule has 0 saturated carbocycles. The number of benzene rings is 1. The van der Waals surface area contributed by atoms with Crippen LogP contribution in [-0.4, -0.2) is 79.0 Å². The predicted molar refractivity (Wildman–Crippen MR) is 124 cm³/mol. The standard InChI is InChI=1S/C22H30ClN5O4S/c23-20-3-1-19(2-4-20)14-26-7-5-18(6-8-26)13-24-21(29)15-27-16-22(25-17-27)33(30,31)28-9-11-32-12-10-28/h1-4,16-18H,5-15H2,(H,24,29). The van der Waals surface area contributed by atoms with Gasteiger partial charge >= 0.3 is 0 Å². The van der Waals surface area contributed by atoms with E-state index in [1.54, 1.807) is 0 Å². The fraction of sp³-hybridized carbons (Fsp3) is 0.545. The van der Waals surface area contributed by atoms with Crippen molar-refractivity contribution >= 4 is 27.5 Å². The number of likely N-dealkylation sites (tertiary alicyclic amines) is 1. The van der Waals surface area contributed by atoms with E-state index in [0.717, 1.165) is 37.5 Å². The molecular weight excluding hydrogens is 466 g/mol. The van der Waals surface area contributed by atoms with Gasteiger partial charge in [0.05, 0.1) is 19.5 Å². The van der Waals surface area contributed by atoms with Crippen LogP contribution in [0.1, 0.15) is 18.4 Å². The molecule has 2 saturated heterocycles. The summed E-state index contributed by atoms with van der Waals surface area (Å²) >= 11 is 5.95. The molecule has 9 nitrogen and oxygen atoms in total. The normalized spacial score (nSPS) is 18.9. The molecule has 0 atom stereocenters. The maximum absolute atomic E-state index is 12.7. The summed E-state index contributed by atoms with van der Waals surface area (Å²) in [5.74, 6) is 0.293. The average Bonchev–Trinajstić information content (AvgIpc) is 3.30. The Labute approximate surface area is 199 Å². The third kappa shape index (κ3) is 6.54. The lowest BCUT2D eigenvalue weighted by Gasteiger charge is -2.32. The van der Waals surface area contributed by atoms with Crippen molar-refractivity contribution in [3.8, 4) is 0 Å². The zero-order valence-corrected chi connectivity index (χ0v) is 20.1. The van der Waals surface area contributed by atoms with Gasteiger partial charge in [0.25, 0.3) is 10.0 Å². The number of piperidine rings is 1. The van der Waals surface area contributed by atoms with Crippen molar-refractivity contribution < 1.29 is 17.9 Å². The topological polar surface area (TPSA) is 96.8 Å². The number of hydrogen-bond donors (Lipinski definition) is 1. The first-order valence-corrected chi connectivity index (χ1v) is 13.0. The first kappa shape index (κ1) is 24.2. The van der Waals surface area contributed by atoms with E-state index in [1.807, 2.05) is 12.1 Å². The number of hydrogen-bond acceptors (Lipinski definition) is 6. The number of carbonyl (C=O) groups excluding carboxylic acids is 1. The maximum Gasteiger partial charge on any atom is 0.262 e. The number of ether oxygens (including phenoxy) is 1. The molecule has 0 bridgehead atoms. The van der Waals surface area contributed by atoms with E-state index >= 15 is 0 Å².